The number of ether oxygens (including phenoxy) is 1. The van der Waals surface area contributed by atoms with Crippen LogP contribution in [0.4, 0.5) is 6.01 Å². The van der Waals surface area contributed by atoms with Gasteiger partial charge >= 0.3 is 6.01 Å². The average Bonchev–Trinajstić information content (AvgIpc) is 3.33. The fraction of sp³-hybridized carbons (Fsp3) is 0.105. The highest BCUT2D eigenvalue weighted by Gasteiger charge is 2.17. The van der Waals surface area contributed by atoms with E-state index >= 15 is 0 Å². The second kappa shape index (κ2) is 6.97. The molecule has 0 aliphatic heterocycles. The zero-order valence-electron chi connectivity index (χ0n) is 13.9. The van der Waals surface area contributed by atoms with Gasteiger partial charge in [-0.05, 0) is 34.4 Å². The van der Waals surface area contributed by atoms with Crippen molar-refractivity contribution in [3.8, 4) is 5.75 Å². The largest absolute Gasteiger partial charge is 0.496 e. The number of aromatic nitrogens is 2. The van der Waals surface area contributed by atoms with Gasteiger partial charge in [0.05, 0.1) is 19.1 Å². The zero-order chi connectivity index (χ0) is 17.9. The first-order chi connectivity index (χ1) is 12.7. The van der Waals surface area contributed by atoms with Crippen molar-refractivity contribution in [1.82, 2.24) is 10.2 Å². The first kappa shape index (κ1) is 16.3. The molecule has 0 spiro atoms. The summed E-state index contributed by atoms with van der Waals surface area (Å²) in [6.45, 7) is 0. The maximum Gasteiger partial charge on any atom is 0.322 e. The smallest absolute Gasteiger partial charge is 0.322 e. The molecule has 0 radical (unpaired) electrons. The number of carbonyl (C=O) groups excluding carboxylic acids is 1. The van der Waals surface area contributed by atoms with Crippen LogP contribution in [0.15, 0.2) is 58.3 Å². The second-order valence-corrected chi connectivity index (χ2v) is 6.64. The molecule has 130 valence electrons. The lowest BCUT2D eigenvalue weighted by Crippen LogP contribution is -2.13. The Morgan fingerprint density at radius 1 is 1.15 bits per heavy atom. The molecule has 0 atom stereocenters. The van der Waals surface area contributed by atoms with Gasteiger partial charge in [-0.1, -0.05) is 35.4 Å². The molecule has 0 unspecified atom stereocenters. The molecular weight excluding hydrogens is 350 g/mol. The van der Waals surface area contributed by atoms with Crippen LogP contribution < -0.4 is 10.1 Å². The molecule has 2 aromatic carbocycles. The summed E-state index contributed by atoms with van der Waals surface area (Å²) >= 11 is 1.61. The molecule has 0 aliphatic rings. The average molecular weight is 365 g/mol. The van der Waals surface area contributed by atoms with E-state index in [1.807, 2.05) is 47.8 Å². The minimum Gasteiger partial charge on any atom is -0.496 e. The van der Waals surface area contributed by atoms with E-state index in [9.17, 15) is 4.79 Å². The summed E-state index contributed by atoms with van der Waals surface area (Å²) in [5, 5.41) is 14.4. The topological polar surface area (TPSA) is 77.2 Å². The van der Waals surface area contributed by atoms with Crippen molar-refractivity contribution in [1.29, 1.82) is 0 Å². The minimum absolute atomic E-state index is 0.0665. The van der Waals surface area contributed by atoms with Gasteiger partial charge in [-0.2, -0.15) is 0 Å². The number of benzene rings is 2. The Morgan fingerprint density at radius 2 is 1.96 bits per heavy atom. The van der Waals surface area contributed by atoms with E-state index in [1.165, 1.54) is 7.11 Å². The predicted octanol–water partition coefficient (Wildman–Crippen LogP) is 4.14. The lowest BCUT2D eigenvalue weighted by Gasteiger charge is -2.09. The van der Waals surface area contributed by atoms with Crippen molar-refractivity contribution in [3.05, 3.63) is 70.2 Å². The second-order valence-electron chi connectivity index (χ2n) is 5.61. The van der Waals surface area contributed by atoms with Gasteiger partial charge < -0.3 is 9.15 Å². The monoisotopic (exact) mass is 365 g/mol. The van der Waals surface area contributed by atoms with Crippen LogP contribution in [0.5, 0.6) is 5.75 Å². The minimum atomic E-state index is -0.362. The molecule has 0 bridgehead atoms. The molecule has 4 rings (SSSR count). The van der Waals surface area contributed by atoms with E-state index in [0.29, 0.717) is 23.6 Å². The highest BCUT2D eigenvalue weighted by atomic mass is 32.1. The Kier molecular flexibility index (Phi) is 4.37. The number of anilines is 1. The van der Waals surface area contributed by atoms with E-state index in [0.717, 1.165) is 15.6 Å². The van der Waals surface area contributed by atoms with Crippen molar-refractivity contribution in [2.75, 3.05) is 12.4 Å². The molecule has 1 amide bonds. The van der Waals surface area contributed by atoms with Crippen LogP contribution in [0.2, 0.25) is 0 Å². The number of fused-ring (bicyclic) bond motifs is 1. The highest BCUT2D eigenvalue weighted by molar-refractivity contribution is 7.09. The predicted molar refractivity (Wildman–Crippen MR) is 99.9 cm³/mol. The van der Waals surface area contributed by atoms with E-state index in [1.54, 1.807) is 17.4 Å². The number of nitrogens with one attached hydrogen (secondary N) is 1. The lowest BCUT2D eigenvalue weighted by molar-refractivity contribution is 0.102. The Hall–Kier alpha value is -3.19. The molecule has 26 heavy (non-hydrogen) atoms. The van der Waals surface area contributed by atoms with Gasteiger partial charge in [0, 0.05) is 4.88 Å². The van der Waals surface area contributed by atoms with Crippen molar-refractivity contribution in [3.63, 3.8) is 0 Å². The molecule has 2 aromatic heterocycles. The first-order valence-electron chi connectivity index (χ1n) is 7.96. The number of rotatable bonds is 5. The number of amides is 1. The summed E-state index contributed by atoms with van der Waals surface area (Å²) in [4.78, 5) is 13.8. The van der Waals surface area contributed by atoms with Crippen LogP contribution in [0.1, 0.15) is 21.1 Å². The Morgan fingerprint density at radius 3 is 2.69 bits per heavy atom. The highest BCUT2D eigenvalue weighted by Crippen LogP contribution is 2.26. The van der Waals surface area contributed by atoms with Gasteiger partial charge in [-0.3, -0.25) is 10.1 Å². The number of carbonyl (C=O) groups is 1. The molecule has 0 saturated carbocycles. The quantitative estimate of drug-likeness (QED) is 0.575. The van der Waals surface area contributed by atoms with Crippen molar-refractivity contribution in [2.24, 2.45) is 0 Å². The fourth-order valence-corrected chi connectivity index (χ4v) is 3.36. The zero-order valence-corrected chi connectivity index (χ0v) is 14.7. The van der Waals surface area contributed by atoms with E-state index in [4.69, 9.17) is 9.15 Å². The van der Waals surface area contributed by atoms with Crippen molar-refractivity contribution < 1.29 is 13.9 Å². The summed E-state index contributed by atoms with van der Waals surface area (Å²) in [7, 11) is 1.53. The van der Waals surface area contributed by atoms with Crippen LogP contribution in [-0.2, 0) is 6.42 Å². The maximum absolute atomic E-state index is 12.6. The third kappa shape index (κ3) is 3.29. The van der Waals surface area contributed by atoms with E-state index in [2.05, 4.69) is 15.5 Å². The number of thiophene rings is 1. The van der Waals surface area contributed by atoms with Crippen LogP contribution in [-0.4, -0.2) is 23.2 Å². The first-order valence-corrected chi connectivity index (χ1v) is 8.84. The van der Waals surface area contributed by atoms with Gasteiger partial charge in [0.1, 0.15) is 5.75 Å². The third-order valence-corrected chi connectivity index (χ3v) is 4.78. The summed E-state index contributed by atoms with van der Waals surface area (Å²) < 4.78 is 10.9. The van der Waals surface area contributed by atoms with Crippen molar-refractivity contribution >= 4 is 34.0 Å². The van der Waals surface area contributed by atoms with Crippen LogP contribution in [0, 0.1) is 0 Å². The summed E-state index contributed by atoms with van der Waals surface area (Å²) in [6.07, 6.45) is 0.542. The van der Waals surface area contributed by atoms with Gasteiger partial charge in [-0.25, -0.2) is 0 Å². The molecule has 0 fully saturated rings. The lowest BCUT2D eigenvalue weighted by atomic mass is 10.1. The number of hydrogen-bond acceptors (Lipinski definition) is 6. The Balaban J connectivity index is 1.56. The molecule has 6 nitrogen and oxygen atoms in total. The molecule has 4 aromatic rings. The normalized spacial score (nSPS) is 10.8. The molecule has 2 heterocycles. The molecule has 0 saturated heterocycles. The Bertz CT molecular complexity index is 1060. The SMILES string of the molecule is COc1cc2ccccc2cc1C(=O)Nc1nnc(Cc2cccs2)o1. The third-order valence-electron chi connectivity index (χ3n) is 3.91. The van der Waals surface area contributed by atoms with Crippen LogP contribution in [0.3, 0.4) is 0 Å². The number of methoxy groups -OCH3 is 1. The summed E-state index contributed by atoms with van der Waals surface area (Å²) in [6, 6.07) is 15.4. The van der Waals surface area contributed by atoms with E-state index < -0.39 is 0 Å². The summed E-state index contributed by atoms with van der Waals surface area (Å²) in [5.41, 5.74) is 0.407. The standard InChI is InChI=1S/C19H15N3O3S/c1-24-16-10-13-6-3-2-5-12(13)9-15(16)18(23)20-19-22-21-17(25-19)11-14-7-4-8-26-14/h2-10H,11H2,1H3,(H,20,22,23). The molecule has 0 aliphatic carbocycles. The molecule has 1 N–H and O–H groups in total. The van der Waals surface area contributed by atoms with Gasteiger partial charge in [-0.15, -0.1) is 16.4 Å². The summed E-state index contributed by atoms with van der Waals surface area (Å²) in [5.74, 6) is 0.576. The Labute approximate surface area is 153 Å². The van der Waals surface area contributed by atoms with Gasteiger partial charge in [0.2, 0.25) is 5.89 Å². The number of nitrogens with zero attached hydrogens (tertiary/aromatic N) is 2. The van der Waals surface area contributed by atoms with Crippen LogP contribution >= 0.6 is 11.3 Å². The molecule has 7 heteroatoms. The molecular formula is C19H15N3O3S. The number of hydrogen-bond donors (Lipinski definition) is 1. The van der Waals surface area contributed by atoms with E-state index in [-0.39, 0.29) is 11.9 Å². The van der Waals surface area contributed by atoms with Crippen molar-refractivity contribution in [2.45, 2.75) is 6.42 Å². The maximum atomic E-state index is 12.6. The fourth-order valence-electron chi connectivity index (χ4n) is 2.67. The van der Waals surface area contributed by atoms with Crippen LogP contribution in [0.25, 0.3) is 10.8 Å². The van der Waals surface area contributed by atoms with Gasteiger partial charge in [0.15, 0.2) is 0 Å². The van der Waals surface area contributed by atoms with Gasteiger partial charge in [0.25, 0.3) is 5.91 Å².